The van der Waals surface area contributed by atoms with Crippen LogP contribution in [0.2, 0.25) is 0 Å². The van der Waals surface area contributed by atoms with E-state index < -0.39 is 20.8 Å². The number of benzene rings is 3. The van der Waals surface area contributed by atoms with Crippen LogP contribution in [-0.4, -0.2) is 13.0 Å². The molecule has 0 unspecified atom stereocenters. The molecule has 0 bridgehead atoms. The van der Waals surface area contributed by atoms with Gasteiger partial charge >= 0.3 is 21.2 Å². The second kappa shape index (κ2) is 12.2. The van der Waals surface area contributed by atoms with E-state index in [0.29, 0.717) is 0 Å². The van der Waals surface area contributed by atoms with Gasteiger partial charge in [-0.3, -0.25) is 0 Å². The van der Waals surface area contributed by atoms with Gasteiger partial charge in [0.2, 0.25) is 0 Å². The maximum Gasteiger partial charge on any atom is 0.357 e. The summed E-state index contributed by atoms with van der Waals surface area (Å²) in [7, 11) is -4.44. The van der Waals surface area contributed by atoms with E-state index in [-0.39, 0.29) is 21.2 Å². The maximum absolute atomic E-state index is 12.2. The van der Waals surface area contributed by atoms with Crippen molar-refractivity contribution in [1.29, 1.82) is 0 Å². The van der Waals surface area contributed by atoms with Crippen LogP contribution in [0.25, 0.3) is 0 Å². The standard InChI is InChI=1S/C18H22I.C6H5FO3S/c1-3-5-15-7-11-17(12-8-15)19-18-13-9-16(6-4-2)10-14-18;7-5-1-3-6(4-2-5)11(8,9)10/h7-14H,3-6H2,1-2H3;1-4H,(H,8,9,10)/q+1;/p-1. The molecule has 0 radical (unpaired) electrons. The van der Waals surface area contributed by atoms with E-state index in [1.165, 1.54) is 44.0 Å². The van der Waals surface area contributed by atoms with Gasteiger partial charge in [-0.25, -0.2) is 12.8 Å². The Balaban J connectivity index is 0.000000248. The Kier molecular flexibility index (Phi) is 9.94. The van der Waals surface area contributed by atoms with E-state index in [4.69, 9.17) is 0 Å². The molecule has 0 saturated heterocycles. The lowest BCUT2D eigenvalue weighted by molar-refractivity contribution is -0.597. The Labute approximate surface area is 189 Å². The topological polar surface area (TPSA) is 57.2 Å². The number of halogens is 2. The van der Waals surface area contributed by atoms with Crippen molar-refractivity contribution in [2.75, 3.05) is 0 Å². The van der Waals surface area contributed by atoms with Crippen LogP contribution < -0.4 is 21.2 Å². The molecule has 0 aliphatic carbocycles. The van der Waals surface area contributed by atoms with Gasteiger partial charge in [-0.2, -0.15) is 0 Å². The highest BCUT2D eigenvalue weighted by Crippen LogP contribution is 2.08. The van der Waals surface area contributed by atoms with E-state index in [1.807, 2.05) is 0 Å². The second-order valence-electron chi connectivity index (χ2n) is 6.76. The van der Waals surface area contributed by atoms with Crippen molar-refractivity contribution in [2.45, 2.75) is 44.4 Å². The number of rotatable bonds is 7. The van der Waals surface area contributed by atoms with Crippen molar-refractivity contribution in [1.82, 2.24) is 0 Å². The molecule has 0 atom stereocenters. The molecule has 0 N–H and O–H groups in total. The zero-order chi connectivity index (χ0) is 22.0. The van der Waals surface area contributed by atoms with Crippen molar-refractivity contribution in [3.63, 3.8) is 0 Å². The van der Waals surface area contributed by atoms with Crippen LogP contribution in [0.4, 0.5) is 4.39 Å². The molecular formula is C24H26FIO3S. The van der Waals surface area contributed by atoms with E-state index in [2.05, 4.69) is 62.4 Å². The first-order valence-corrected chi connectivity index (χ1v) is 13.4. The van der Waals surface area contributed by atoms with Gasteiger partial charge in [0.25, 0.3) is 0 Å². The van der Waals surface area contributed by atoms with Gasteiger partial charge in [0, 0.05) is 0 Å². The molecule has 3 rings (SSSR count). The van der Waals surface area contributed by atoms with Gasteiger partial charge in [0.1, 0.15) is 15.9 Å². The van der Waals surface area contributed by atoms with E-state index in [1.54, 1.807) is 0 Å². The molecule has 3 aromatic rings. The van der Waals surface area contributed by atoms with E-state index in [0.717, 1.165) is 24.3 Å². The summed E-state index contributed by atoms with van der Waals surface area (Å²) < 4.78 is 46.0. The lowest BCUT2D eigenvalue weighted by Gasteiger charge is -2.04. The average Bonchev–Trinajstić information content (AvgIpc) is 2.71. The number of hydrogen-bond donors (Lipinski definition) is 0. The van der Waals surface area contributed by atoms with Crippen LogP contribution in [0.3, 0.4) is 0 Å². The summed E-state index contributed by atoms with van der Waals surface area (Å²) in [4.78, 5) is -0.418. The fourth-order valence-electron chi connectivity index (χ4n) is 2.73. The largest absolute Gasteiger partial charge is 0.744 e. The minimum Gasteiger partial charge on any atom is -0.744 e. The third kappa shape index (κ3) is 8.53. The zero-order valence-electron chi connectivity index (χ0n) is 17.1. The summed E-state index contributed by atoms with van der Waals surface area (Å²) in [5.41, 5.74) is 2.93. The quantitative estimate of drug-likeness (QED) is 0.342. The van der Waals surface area contributed by atoms with Crippen molar-refractivity contribution in [3.05, 3.63) is 96.9 Å². The second-order valence-corrected chi connectivity index (χ2v) is 11.2. The van der Waals surface area contributed by atoms with Gasteiger partial charge in [-0.15, -0.1) is 0 Å². The maximum atomic E-state index is 12.2. The molecule has 0 aliphatic heterocycles. The number of hydrogen-bond acceptors (Lipinski definition) is 3. The Morgan fingerprint density at radius 2 is 1.13 bits per heavy atom. The first kappa shape index (κ1) is 24.5. The minimum absolute atomic E-state index is 0.0164. The number of aryl methyl sites for hydroxylation is 2. The van der Waals surface area contributed by atoms with Crippen LogP contribution in [0.1, 0.15) is 37.8 Å². The van der Waals surface area contributed by atoms with Gasteiger partial charge < -0.3 is 4.55 Å². The van der Waals surface area contributed by atoms with Gasteiger partial charge in [-0.05, 0) is 72.5 Å². The van der Waals surface area contributed by atoms with Gasteiger partial charge in [-0.1, -0.05) is 51.0 Å². The van der Waals surface area contributed by atoms with E-state index in [9.17, 15) is 17.4 Å². The van der Waals surface area contributed by atoms with Gasteiger partial charge in [0.05, 0.1) is 4.90 Å². The van der Waals surface area contributed by atoms with Crippen LogP contribution in [0.15, 0.2) is 77.7 Å². The van der Waals surface area contributed by atoms with Crippen LogP contribution in [0, 0.1) is 13.0 Å². The lowest BCUT2D eigenvalue weighted by Crippen LogP contribution is -3.61. The molecule has 0 aromatic heterocycles. The average molecular weight is 540 g/mol. The molecule has 30 heavy (non-hydrogen) atoms. The van der Waals surface area contributed by atoms with Gasteiger partial charge in [0.15, 0.2) is 7.14 Å². The Morgan fingerprint density at radius 3 is 1.47 bits per heavy atom. The van der Waals surface area contributed by atoms with Crippen LogP contribution in [0.5, 0.6) is 0 Å². The Morgan fingerprint density at radius 1 is 0.733 bits per heavy atom. The normalized spacial score (nSPS) is 10.9. The highest BCUT2D eigenvalue weighted by molar-refractivity contribution is 7.85. The lowest BCUT2D eigenvalue weighted by atomic mass is 10.1. The molecule has 160 valence electrons. The molecule has 3 aromatic carbocycles. The predicted octanol–water partition coefficient (Wildman–Crippen LogP) is 2.45. The van der Waals surface area contributed by atoms with E-state index >= 15 is 0 Å². The summed E-state index contributed by atoms with van der Waals surface area (Å²) in [5, 5.41) is 0. The Bertz CT molecular complexity index is 952. The van der Waals surface area contributed by atoms with Crippen LogP contribution >= 0.6 is 0 Å². The smallest absolute Gasteiger partial charge is 0.357 e. The first-order valence-electron chi connectivity index (χ1n) is 9.86. The SMILES string of the molecule is CCCc1ccc([I+]c2ccc(CCC)cc2)cc1.O=S(=O)([O-])c1ccc(F)cc1. The Hall–Kier alpha value is -1.77. The summed E-state index contributed by atoms with van der Waals surface area (Å²) in [6.07, 6.45) is 4.86. The highest BCUT2D eigenvalue weighted by atomic mass is 127. The molecule has 0 saturated carbocycles. The van der Waals surface area contributed by atoms with Crippen molar-refractivity contribution < 1.29 is 38.6 Å². The summed E-state index contributed by atoms with van der Waals surface area (Å²) >= 11 is -0.0164. The predicted molar refractivity (Wildman–Crippen MR) is 113 cm³/mol. The molecule has 6 heteroatoms. The highest BCUT2D eigenvalue weighted by Gasteiger charge is 2.14. The summed E-state index contributed by atoms with van der Waals surface area (Å²) in [6, 6.07) is 22.2. The van der Waals surface area contributed by atoms with Crippen molar-refractivity contribution in [3.8, 4) is 0 Å². The molecular weight excluding hydrogens is 514 g/mol. The third-order valence-corrected chi connectivity index (χ3v) is 7.76. The fourth-order valence-corrected chi connectivity index (χ4v) is 5.36. The monoisotopic (exact) mass is 540 g/mol. The molecule has 3 nitrogen and oxygen atoms in total. The molecule has 0 heterocycles. The fraction of sp³-hybridized carbons (Fsp3) is 0.250. The molecule has 0 spiro atoms. The molecule has 0 fully saturated rings. The van der Waals surface area contributed by atoms with Crippen molar-refractivity contribution >= 4 is 10.1 Å². The van der Waals surface area contributed by atoms with Crippen LogP contribution in [-0.2, 0) is 23.0 Å². The summed E-state index contributed by atoms with van der Waals surface area (Å²) in [6.45, 7) is 4.47. The minimum atomic E-state index is -4.44. The van der Waals surface area contributed by atoms with Crippen molar-refractivity contribution in [2.24, 2.45) is 0 Å². The first-order chi connectivity index (χ1) is 14.3. The molecule has 0 amide bonds. The molecule has 0 aliphatic rings. The summed E-state index contributed by atoms with van der Waals surface area (Å²) in [5.74, 6) is -0.572. The zero-order valence-corrected chi connectivity index (χ0v) is 20.1. The third-order valence-electron chi connectivity index (χ3n) is 4.22.